The molecule has 0 radical (unpaired) electrons. The topological polar surface area (TPSA) is 96.3 Å². The van der Waals surface area contributed by atoms with E-state index in [9.17, 15) is 14.4 Å². The molecule has 0 fully saturated rings. The Morgan fingerprint density at radius 3 is 2.07 bits per heavy atom. The van der Waals surface area contributed by atoms with E-state index >= 15 is 0 Å². The van der Waals surface area contributed by atoms with Gasteiger partial charge in [0.1, 0.15) is 6.42 Å². The third-order valence-corrected chi connectivity index (χ3v) is 4.33. The van der Waals surface area contributed by atoms with Crippen molar-refractivity contribution >= 4 is 23.3 Å². The molecule has 29 heavy (non-hydrogen) atoms. The molecule has 0 aromatic heterocycles. The number of benzene rings is 2. The monoisotopic (exact) mass is 392 g/mol. The van der Waals surface area contributed by atoms with Crippen LogP contribution in [-0.4, -0.2) is 23.8 Å². The van der Waals surface area contributed by atoms with Crippen LogP contribution >= 0.6 is 0 Å². The van der Waals surface area contributed by atoms with Gasteiger partial charge in [0.2, 0.25) is 11.7 Å². The molecule has 2 aromatic carbocycles. The highest BCUT2D eigenvalue weighted by Crippen LogP contribution is 2.23. The number of carbonyl (C=O) groups is 3. The van der Waals surface area contributed by atoms with Crippen LogP contribution in [0.5, 0.6) is 0 Å². The molecular formula is C23H24N2O4. The minimum absolute atomic E-state index is 0.0140. The summed E-state index contributed by atoms with van der Waals surface area (Å²) in [6, 6.07) is 15.1. The third-order valence-electron chi connectivity index (χ3n) is 4.33. The first-order valence-electron chi connectivity index (χ1n) is 9.24. The van der Waals surface area contributed by atoms with Gasteiger partial charge in [-0.05, 0) is 42.2 Å². The summed E-state index contributed by atoms with van der Waals surface area (Å²) in [4.78, 5) is 36.3. The normalized spacial score (nSPS) is 11.8. The second kappa shape index (κ2) is 9.16. The predicted molar refractivity (Wildman–Crippen MR) is 110 cm³/mol. The van der Waals surface area contributed by atoms with Gasteiger partial charge in [-0.2, -0.15) is 5.26 Å². The van der Waals surface area contributed by atoms with Crippen molar-refractivity contribution in [3.8, 4) is 6.07 Å². The lowest BCUT2D eigenvalue weighted by atomic mass is 9.86. The lowest BCUT2D eigenvalue weighted by Gasteiger charge is -2.19. The highest BCUT2D eigenvalue weighted by atomic mass is 16.5. The van der Waals surface area contributed by atoms with E-state index in [1.165, 1.54) is 31.2 Å². The van der Waals surface area contributed by atoms with Crippen molar-refractivity contribution in [1.29, 1.82) is 5.26 Å². The number of hydrogen-bond donors (Lipinski definition) is 1. The summed E-state index contributed by atoms with van der Waals surface area (Å²) >= 11 is 0. The first kappa shape index (κ1) is 21.8. The maximum atomic E-state index is 12.6. The number of nitriles is 1. The smallest absolute Gasteiger partial charge is 0.338 e. The van der Waals surface area contributed by atoms with E-state index in [1.54, 1.807) is 18.2 Å². The number of Topliss-reactive ketones (excluding diaryl/α,β-unsaturated/α-hetero) is 1. The quantitative estimate of drug-likeness (QED) is 0.585. The zero-order chi connectivity index (χ0) is 21.6. The number of ketones is 1. The van der Waals surface area contributed by atoms with Crippen LogP contribution in [0.15, 0.2) is 48.5 Å². The number of hydrogen-bond acceptors (Lipinski definition) is 5. The standard InChI is InChI=1S/C23H24N2O4/c1-15(21(27)16-5-9-18(10-6-16)23(2,3)4)29-22(28)17-7-11-19(12-8-17)25-20(26)13-14-24/h5-12,15H,13H2,1-4H3,(H,25,26)/t15-/m1/s1. The molecule has 150 valence electrons. The van der Waals surface area contributed by atoms with Crippen LogP contribution in [-0.2, 0) is 14.9 Å². The number of anilines is 1. The van der Waals surface area contributed by atoms with Gasteiger partial charge in [-0.3, -0.25) is 9.59 Å². The molecule has 0 heterocycles. The van der Waals surface area contributed by atoms with Crippen molar-refractivity contribution in [1.82, 2.24) is 0 Å². The highest BCUT2D eigenvalue weighted by Gasteiger charge is 2.21. The summed E-state index contributed by atoms with van der Waals surface area (Å²) in [5, 5.41) is 11.0. The number of ether oxygens (including phenoxy) is 1. The lowest BCUT2D eigenvalue weighted by molar-refractivity contribution is -0.115. The molecule has 1 atom stereocenters. The molecule has 6 nitrogen and oxygen atoms in total. The van der Waals surface area contributed by atoms with E-state index in [4.69, 9.17) is 10.00 Å². The lowest BCUT2D eigenvalue weighted by Crippen LogP contribution is -2.24. The van der Waals surface area contributed by atoms with Crippen LogP contribution in [0.1, 0.15) is 60.4 Å². The average Bonchev–Trinajstić information content (AvgIpc) is 2.67. The third kappa shape index (κ3) is 6.01. The zero-order valence-electron chi connectivity index (χ0n) is 17.0. The van der Waals surface area contributed by atoms with Crippen molar-refractivity contribution in [3.05, 3.63) is 65.2 Å². The molecule has 0 bridgehead atoms. The van der Waals surface area contributed by atoms with E-state index in [1.807, 2.05) is 12.1 Å². The van der Waals surface area contributed by atoms with E-state index in [0.29, 0.717) is 11.3 Å². The second-order valence-corrected chi connectivity index (χ2v) is 7.70. The summed E-state index contributed by atoms with van der Waals surface area (Å²) in [6.07, 6.45) is -1.18. The summed E-state index contributed by atoms with van der Waals surface area (Å²) in [7, 11) is 0. The van der Waals surface area contributed by atoms with Crippen molar-refractivity contribution in [2.45, 2.75) is 45.6 Å². The van der Waals surface area contributed by atoms with E-state index in [-0.39, 0.29) is 23.2 Å². The van der Waals surface area contributed by atoms with Crippen molar-refractivity contribution in [2.24, 2.45) is 0 Å². The van der Waals surface area contributed by atoms with Crippen molar-refractivity contribution in [3.63, 3.8) is 0 Å². The highest BCUT2D eigenvalue weighted by molar-refractivity contribution is 6.01. The zero-order valence-corrected chi connectivity index (χ0v) is 17.0. The van der Waals surface area contributed by atoms with E-state index in [0.717, 1.165) is 5.56 Å². The number of nitrogens with one attached hydrogen (secondary N) is 1. The first-order valence-corrected chi connectivity index (χ1v) is 9.24. The molecular weight excluding hydrogens is 368 g/mol. The van der Waals surface area contributed by atoms with Gasteiger partial charge in [0.15, 0.2) is 6.10 Å². The van der Waals surface area contributed by atoms with Crippen LogP contribution in [0, 0.1) is 11.3 Å². The first-order chi connectivity index (χ1) is 13.6. The molecule has 0 aliphatic rings. The van der Waals surface area contributed by atoms with Gasteiger partial charge in [-0.1, -0.05) is 45.0 Å². The number of esters is 1. The Bertz CT molecular complexity index is 933. The average molecular weight is 392 g/mol. The maximum absolute atomic E-state index is 12.6. The Hall–Kier alpha value is -3.46. The predicted octanol–water partition coefficient (Wildman–Crippen LogP) is 4.26. The Morgan fingerprint density at radius 2 is 1.55 bits per heavy atom. The van der Waals surface area contributed by atoms with E-state index < -0.39 is 18.0 Å². The molecule has 0 saturated carbocycles. The minimum Gasteiger partial charge on any atom is -0.451 e. The number of rotatable bonds is 6. The molecule has 1 amide bonds. The fourth-order valence-corrected chi connectivity index (χ4v) is 2.62. The number of nitrogens with zero attached hydrogens (tertiary/aromatic N) is 1. The van der Waals surface area contributed by atoms with Crippen LogP contribution < -0.4 is 5.32 Å². The fraction of sp³-hybridized carbons (Fsp3) is 0.304. The fourth-order valence-electron chi connectivity index (χ4n) is 2.62. The van der Waals surface area contributed by atoms with Gasteiger partial charge < -0.3 is 10.1 Å². The Kier molecular flexibility index (Phi) is 6.89. The van der Waals surface area contributed by atoms with Crippen molar-refractivity contribution in [2.75, 3.05) is 5.32 Å². The molecule has 1 N–H and O–H groups in total. The number of carbonyl (C=O) groups excluding carboxylic acids is 3. The van der Waals surface area contributed by atoms with Gasteiger partial charge in [0.05, 0.1) is 11.6 Å². The Labute approximate surface area is 170 Å². The Balaban J connectivity index is 2.00. The van der Waals surface area contributed by atoms with Crippen LogP contribution in [0.2, 0.25) is 0 Å². The van der Waals surface area contributed by atoms with E-state index in [2.05, 4.69) is 26.1 Å². The molecule has 0 saturated heterocycles. The second-order valence-electron chi connectivity index (χ2n) is 7.70. The van der Waals surface area contributed by atoms with Crippen LogP contribution in [0.25, 0.3) is 0 Å². The summed E-state index contributed by atoms with van der Waals surface area (Å²) in [5.74, 6) is -1.34. The van der Waals surface area contributed by atoms with Gasteiger partial charge in [-0.15, -0.1) is 0 Å². The molecule has 0 aliphatic carbocycles. The Morgan fingerprint density at radius 1 is 1.00 bits per heavy atom. The van der Waals surface area contributed by atoms with Crippen LogP contribution in [0.4, 0.5) is 5.69 Å². The molecule has 0 spiro atoms. The van der Waals surface area contributed by atoms with Gasteiger partial charge >= 0.3 is 5.97 Å². The number of amides is 1. The van der Waals surface area contributed by atoms with Crippen molar-refractivity contribution < 1.29 is 19.1 Å². The largest absolute Gasteiger partial charge is 0.451 e. The SMILES string of the molecule is C[C@@H](OC(=O)c1ccc(NC(=O)CC#N)cc1)C(=O)c1ccc(C(C)(C)C)cc1. The summed E-state index contributed by atoms with van der Waals surface area (Å²) in [6.45, 7) is 7.81. The maximum Gasteiger partial charge on any atom is 0.338 e. The summed E-state index contributed by atoms with van der Waals surface area (Å²) < 4.78 is 5.29. The summed E-state index contributed by atoms with van der Waals surface area (Å²) in [5.41, 5.74) is 2.30. The molecule has 2 rings (SSSR count). The minimum atomic E-state index is -0.932. The molecule has 0 unspecified atom stereocenters. The molecule has 2 aromatic rings. The van der Waals surface area contributed by atoms with Gasteiger partial charge in [0, 0.05) is 11.3 Å². The van der Waals surface area contributed by atoms with Gasteiger partial charge in [0.25, 0.3) is 0 Å². The molecule has 0 aliphatic heterocycles. The molecule has 6 heteroatoms. The van der Waals surface area contributed by atoms with Crippen LogP contribution in [0.3, 0.4) is 0 Å². The van der Waals surface area contributed by atoms with Gasteiger partial charge in [-0.25, -0.2) is 4.79 Å².